The van der Waals surface area contributed by atoms with Crippen LogP contribution in [0.1, 0.15) is 18.4 Å². The van der Waals surface area contributed by atoms with Crippen molar-refractivity contribution in [1.29, 1.82) is 0 Å². The van der Waals surface area contributed by atoms with E-state index < -0.39 is 0 Å². The van der Waals surface area contributed by atoms with Crippen LogP contribution >= 0.6 is 0 Å². The number of benzene rings is 1. The number of carbonyl (C=O) groups excluding carboxylic acids is 1. The highest BCUT2D eigenvalue weighted by Crippen LogP contribution is 2.41. The normalized spacial score (nSPS) is 18.9. The molecular formula is C12H15NO2. The van der Waals surface area contributed by atoms with Gasteiger partial charge in [-0.05, 0) is 19.1 Å². The van der Waals surface area contributed by atoms with Crippen LogP contribution in [0, 0.1) is 0 Å². The van der Waals surface area contributed by atoms with Gasteiger partial charge >= 0.3 is 0 Å². The molecule has 0 saturated heterocycles. The maximum atomic E-state index is 11.5. The van der Waals surface area contributed by atoms with E-state index in [-0.39, 0.29) is 11.7 Å². The Morgan fingerprint density at radius 2 is 2.27 bits per heavy atom. The van der Waals surface area contributed by atoms with Crippen LogP contribution in [-0.4, -0.2) is 26.5 Å². The van der Waals surface area contributed by atoms with Gasteiger partial charge in [0.15, 0.2) is 0 Å². The highest BCUT2D eigenvalue weighted by Gasteiger charge is 2.32. The molecule has 1 heterocycles. The van der Waals surface area contributed by atoms with Crippen LogP contribution in [0.25, 0.3) is 0 Å². The number of fused-ring (bicyclic) bond motifs is 1. The number of methoxy groups -OCH3 is 1. The number of hydrogen-bond donors (Lipinski definition) is 0. The smallest absolute Gasteiger partial charge is 0.139 e. The van der Waals surface area contributed by atoms with Crippen molar-refractivity contribution >= 4 is 11.5 Å². The molecule has 1 aromatic carbocycles. The van der Waals surface area contributed by atoms with E-state index >= 15 is 0 Å². The van der Waals surface area contributed by atoms with Gasteiger partial charge < -0.3 is 9.64 Å². The summed E-state index contributed by atoms with van der Waals surface area (Å²) in [6.07, 6.45) is 0. The molecule has 3 heteroatoms. The lowest BCUT2D eigenvalue weighted by atomic mass is 9.97. The number of rotatable bonds is 2. The van der Waals surface area contributed by atoms with E-state index in [9.17, 15) is 4.79 Å². The van der Waals surface area contributed by atoms with Crippen LogP contribution in [0.5, 0.6) is 5.75 Å². The van der Waals surface area contributed by atoms with E-state index in [0.717, 1.165) is 23.5 Å². The van der Waals surface area contributed by atoms with Crippen LogP contribution in [0.2, 0.25) is 0 Å². The molecular weight excluding hydrogens is 190 g/mol. The molecule has 0 aromatic heterocycles. The Labute approximate surface area is 89.7 Å². The predicted octanol–water partition coefficient (Wildman–Crippen LogP) is 1.82. The number of nitrogens with zero attached hydrogens (tertiary/aromatic N) is 1. The van der Waals surface area contributed by atoms with E-state index in [4.69, 9.17) is 4.74 Å². The molecule has 2 rings (SSSR count). The van der Waals surface area contributed by atoms with Crippen LogP contribution in [-0.2, 0) is 4.79 Å². The van der Waals surface area contributed by atoms with Gasteiger partial charge in [0, 0.05) is 24.8 Å². The molecule has 0 bridgehead atoms. The van der Waals surface area contributed by atoms with Gasteiger partial charge in [-0.2, -0.15) is 0 Å². The van der Waals surface area contributed by atoms with Crippen molar-refractivity contribution < 1.29 is 9.53 Å². The largest absolute Gasteiger partial charge is 0.496 e. The minimum absolute atomic E-state index is 0.0406. The van der Waals surface area contributed by atoms with Gasteiger partial charge in [0.25, 0.3) is 0 Å². The molecule has 0 spiro atoms. The minimum atomic E-state index is -0.0406. The second-order valence-corrected chi connectivity index (χ2v) is 3.94. The number of ether oxygens (including phenoxy) is 1. The summed E-state index contributed by atoms with van der Waals surface area (Å²) in [6.45, 7) is 2.39. The van der Waals surface area contributed by atoms with Crippen molar-refractivity contribution in [2.75, 3.05) is 25.6 Å². The lowest BCUT2D eigenvalue weighted by molar-refractivity contribution is -0.118. The lowest BCUT2D eigenvalue weighted by Crippen LogP contribution is -2.18. The number of likely N-dealkylation sites (N-methyl/N-ethyl adjacent to an activating group) is 1. The monoisotopic (exact) mass is 205 g/mol. The van der Waals surface area contributed by atoms with E-state index in [2.05, 4.69) is 4.90 Å². The maximum absolute atomic E-state index is 11.5. The molecule has 80 valence electrons. The third kappa shape index (κ3) is 1.48. The number of Topliss-reactive ketones (excluding diaryl/α,β-unsaturated/α-hetero) is 1. The summed E-state index contributed by atoms with van der Waals surface area (Å²) >= 11 is 0. The first-order valence-corrected chi connectivity index (χ1v) is 5.03. The van der Waals surface area contributed by atoms with Gasteiger partial charge in [-0.3, -0.25) is 4.79 Å². The van der Waals surface area contributed by atoms with Gasteiger partial charge in [-0.25, -0.2) is 0 Å². The molecule has 0 fully saturated rings. The summed E-state index contributed by atoms with van der Waals surface area (Å²) in [5.41, 5.74) is 2.14. The van der Waals surface area contributed by atoms with Crippen LogP contribution < -0.4 is 9.64 Å². The quantitative estimate of drug-likeness (QED) is 0.737. The molecule has 1 aromatic rings. The average molecular weight is 205 g/mol. The SMILES string of the molecule is COc1cccc2c1C(C(C)=O)CN2C. The van der Waals surface area contributed by atoms with Gasteiger partial charge in [0.05, 0.1) is 13.0 Å². The highest BCUT2D eigenvalue weighted by molar-refractivity contribution is 5.89. The third-order valence-corrected chi connectivity index (χ3v) is 2.97. The molecule has 0 saturated carbocycles. The Hall–Kier alpha value is -1.51. The van der Waals surface area contributed by atoms with Crippen molar-refractivity contribution in [2.45, 2.75) is 12.8 Å². The Bertz CT molecular complexity index is 401. The number of hydrogen-bond acceptors (Lipinski definition) is 3. The lowest BCUT2D eigenvalue weighted by Gasteiger charge is -2.12. The summed E-state index contributed by atoms with van der Waals surface area (Å²) in [5.74, 6) is 0.975. The van der Waals surface area contributed by atoms with Gasteiger partial charge in [0.2, 0.25) is 0 Å². The molecule has 15 heavy (non-hydrogen) atoms. The zero-order chi connectivity index (χ0) is 11.0. The fourth-order valence-corrected chi connectivity index (χ4v) is 2.19. The topological polar surface area (TPSA) is 29.5 Å². The van der Waals surface area contributed by atoms with Gasteiger partial charge in [-0.1, -0.05) is 6.07 Å². The summed E-state index contributed by atoms with van der Waals surface area (Å²) in [7, 11) is 3.65. The third-order valence-electron chi connectivity index (χ3n) is 2.97. The molecule has 0 aliphatic carbocycles. The average Bonchev–Trinajstić information content (AvgIpc) is 2.56. The first-order chi connectivity index (χ1) is 7.15. The second kappa shape index (κ2) is 3.57. The predicted molar refractivity (Wildman–Crippen MR) is 59.7 cm³/mol. The summed E-state index contributed by atoms with van der Waals surface area (Å²) in [6, 6.07) is 5.89. The standard InChI is InChI=1S/C12H15NO2/c1-8(14)9-7-13(2)10-5-4-6-11(15-3)12(9)10/h4-6,9H,7H2,1-3H3. The number of anilines is 1. The summed E-state index contributed by atoms with van der Waals surface area (Å²) < 4.78 is 5.31. The zero-order valence-corrected chi connectivity index (χ0v) is 9.28. The van der Waals surface area contributed by atoms with Crippen molar-refractivity contribution in [3.63, 3.8) is 0 Å². The number of ketones is 1. The maximum Gasteiger partial charge on any atom is 0.139 e. The van der Waals surface area contributed by atoms with Crippen LogP contribution in [0.15, 0.2) is 18.2 Å². The second-order valence-electron chi connectivity index (χ2n) is 3.94. The van der Waals surface area contributed by atoms with E-state index in [1.807, 2.05) is 25.2 Å². The molecule has 0 N–H and O–H groups in total. The zero-order valence-electron chi connectivity index (χ0n) is 9.28. The van der Waals surface area contributed by atoms with Crippen molar-refractivity contribution in [2.24, 2.45) is 0 Å². The van der Waals surface area contributed by atoms with Gasteiger partial charge in [0.1, 0.15) is 11.5 Å². The highest BCUT2D eigenvalue weighted by atomic mass is 16.5. The van der Waals surface area contributed by atoms with Crippen molar-refractivity contribution in [3.05, 3.63) is 23.8 Å². The van der Waals surface area contributed by atoms with E-state index in [0.29, 0.717) is 0 Å². The van der Waals surface area contributed by atoms with Crippen molar-refractivity contribution in [1.82, 2.24) is 0 Å². The molecule has 0 radical (unpaired) electrons. The van der Waals surface area contributed by atoms with E-state index in [1.54, 1.807) is 14.0 Å². The number of carbonyl (C=O) groups is 1. The Kier molecular flexibility index (Phi) is 2.39. The Morgan fingerprint density at radius 1 is 1.53 bits per heavy atom. The molecule has 0 amide bonds. The Morgan fingerprint density at radius 3 is 2.87 bits per heavy atom. The minimum Gasteiger partial charge on any atom is -0.496 e. The fourth-order valence-electron chi connectivity index (χ4n) is 2.19. The van der Waals surface area contributed by atoms with Crippen molar-refractivity contribution in [3.8, 4) is 5.75 Å². The molecule has 1 aliphatic heterocycles. The first kappa shape index (κ1) is 10.0. The molecule has 1 atom stereocenters. The van der Waals surface area contributed by atoms with Gasteiger partial charge in [-0.15, -0.1) is 0 Å². The Balaban J connectivity index is 2.56. The van der Waals surface area contributed by atoms with E-state index in [1.165, 1.54) is 0 Å². The molecule has 1 unspecified atom stereocenters. The first-order valence-electron chi connectivity index (χ1n) is 5.03. The fraction of sp³-hybridized carbons (Fsp3) is 0.417. The molecule has 3 nitrogen and oxygen atoms in total. The summed E-state index contributed by atoms with van der Waals surface area (Å²) in [5, 5.41) is 0. The van der Waals surface area contributed by atoms with Crippen LogP contribution in [0.4, 0.5) is 5.69 Å². The molecule has 1 aliphatic rings. The summed E-state index contributed by atoms with van der Waals surface area (Å²) in [4.78, 5) is 13.6. The van der Waals surface area contributed by atoms with Crippen LogP contribution in [0.3, 0.4) is 0 Å².